The average molecular weight is 332 g/mol. The van der Waals surface area contributed by atoms with Gasteiger partial charge in [0.1, 0.15) is 0 Å². The molecule has 0 heterocycles. The molecule has 0 aliphatic heterocycles. The molecule has 1 aromatic rings. The van der Waals surface area contributed by atoms with Gasteiger partial charge in [0.25, 0.3) is 0 Å². The summed E-state index contributed by atoms with van der Waals surface area (Å²) in [5.74, 6) is -0.0835. The molecule has 2 nitrogen and oxygen atoms in total. The number of rotatable bonds is 2. The van der Waals surface area contributed by atoms with E-state index < -0.39 is 17.6 Å². The Kier molecular flexibility index (Phi) is 4.28. The fraction of sp³-hybridized carbons (Fsp3) is 0.125. The summed E-state index contributed by atoms with van der Waals surface area (Å²) >= 11 is -1.91. The molecule has 0 fully saturated rings. The van der Waals surface area contributed by atoms with E-state index >= 15 is 0 Å². The SMILES string of the molecule is CC(=O)Nc1ccc(I(Cl)Cl)cc1. The Bertz CT molecular complexity index is 300. The van der Waals surface area contributed by atoms with Gasteiger partial charge in [-0.3, -0.25) is 0 Å². The summed E-state index contributed by atoms with van der Waals surface area (Å²) in [6, 6.07) is 7.28. The second kappa shape index (κ2) is 5.02. The molecule has 0 spiro atoms. The van der Waals surface area contributed by atoms with E-state index in [1.54, 1.807) is 12.1 Å². The number of benzene rings is 1. The predicted molar refractivity (Wildman–Crippen MR) is 65.2 cm³/mol. The molecule has 0 unspecified atom stereocenters. The average Bonchev–Trinajstić information content (AvgIpc) is 2.04. The first-order chi connectivity index (χ1) is 6.09. The third kappa shape index (κ3) is 3.70. The van der Waals surface area contributed by atoms with E-state index in [0.717, 1.165) is 9.26 Å². The van der Waals surface area contributed by atoms with E-state index in [0.29, 0.717) is 0 Å². The van der Waals surface area contributed by atoms with Crippen molar-refractivity contribution in [1.29, 1.82) is 0 Å². The molecule has 0 aromatic heterocycles. The van der Waals surface area contributed by atoms with Crippen molar-refractivity contribution in [2.24, 2.45) is 0 Å². The molecule has 1 aromatic carbocycles. The van der Waals surface area contributed by atoms with Crippen LogP contribution in [0.2, 0.25) is 0 Å². The third-order valence-corrected chi connectivity index (χ3v) is 5.20. The van der Waals surface area contributed by atoms with E-state index in [-0.39, 0.29) is 5.91 Å². The Morgan fingerprint density at radius 2 is 1.85 bits per heavy atom. The van der Waals surface area contributed by atoms with Crippen LogP contribution in [0.3, 0.4) is 0 Å². The van der Waals surface area contributed by atoms with Crippen molar-refractivity contribution >= 4 is 47.0 Å². The standard InChI is InChI=1S/C8H8Cl2INO/c1-6(13)12-8-4-2-7(3-5-8)11(9)10/h2-5H,1H3,(H,12,13). The second-order valence-electron chi connectivity index (χ2n) is 2.38. The van der Waals surface area contributed by atoms with Crippen LogP contribution in [0.1, 0.15) is 6.92 Å². The molecule has 72 valence electrons. The number of carbonyl (C=O) groups excluding carboxylic acids is 1. The molecule has 13 heavy (non-hydrogen) atoms. The van der Waals surface area contributed by atoms with Crippen molar-refractivity contribution < 1.29 is 4.79 Å². The van der Waals surface area contributed by atoms with Crippen molar-refractivity contribution in [3.05, 3.63) is 27.8 Å². The first kappa shape index (κ1) is 11.1. The van der Waals surface area contributed by atoms with Crippen LogP contribution < -0.4 is 5.32 Å². The van der Waals surface area contributed by atoms with Gasteiger partial charge >= 0.3 is 91.8 Å². The number of carbonyl (C=O) groups is 1. The van der Waals surface area contributed by atoms with E-state index in [2.05, 4.69) is 5.32 Å². The topological polar surface area (TPSA) is 29.1 Å². The van der Waals surface area contributed by atoms with Gasteiger partial charge in [0, 0.05) is 0 Å². The van der Waals surface area contributed by atoms with Gasteiger partial charge in [-0.15, -0.1) is 0 Å². The van der Waals surface area contributed by atoms with Gasteiger partial charge in [0.15, 0.2) is 0 Å². The number of hydrogen-bond acceptors (Lipinski definition) is 1. The predicted octanol–water partition coefficient (Wildman–Crippen LogP) is 3.63. The zero-order valence-corrected chi connectivity index (χ0v) is 10.5. The fourth-order valence-corrected chi connectivity index (χ4v) is 3.01. The Morgan fingerprint density at radius 3 is 2.23 bits per heavy atom. The molecule has 1 rings (SSSR count). The van der Waals surface area contributed by atoms with Crippen molar-refractivity contribution in [2.45, 2.75) is 6.92 Å². The van der Waals surface area contributed by atoms with Crippen molar-refractivity contribution in [3.8, 4) is 0 Å². The summed E-state index contributed by atoms with van der Waals surface area (Å²) in [6.07, 6.45) is 0. The number of hydrogen-bond donors (Lipinski definition) is 1. The number of amides is 1. The number of anilines is 1. The maximum atomic E-state index is 10.7. The van der Waals surface area contributed by atoms with Crippen molar-refractivity contribution in [2.75, 3.05) is 5.32 Å². The Morgan fingerprint density at radius 1 is 1.31 bits per heavy atom. The third-order valence-electron chi connectivity index (χ3n) is 1.33. The summed E-state index contributed by atoms with van der Waals surface area (Å²) in [5, 5.41) is 2.66. The summed E-state index contributed by atoms with van der Waals surface area (Å²) in [6.45, 7) is 1.47. The molecular weight excluding hydrogens is 324 g/mol. The monoisotopic (exact) mass is 331 g/mol. The summed E-state index contributed by atoms with van der Waals surface area (Å²) < 4.78 is 0.974. The maximum absolute atomic E-state index is 10.7. The van der Waals surface area contributed by atoms with Crippen LogP contribution in [-0.2, 0) is 4.79 Å². The fourth-order valence-electron chi connectivity index (χ4n) is 0.832. The second-order valence-corrected chi connectivity index (χ2v) is 9.57. The Balaban J connectivity index is 2.75. The molecular formula is C8H8Cl2INO. The quantitative estimate of drug-likeness (QED) is 0.824. The van der Waals surface area contributed by atoms with Gasteiger partial charge in [-0.05, 0) is 0 Å². The molecule has 0 atom stereocenters. The summed E-state index contributed by atoms with van der Waals surface area (Å²) in [7, 11) is 11.6. The molecule has 0 saturated heterocycles. The number of nitrogens with one attached hydrogen (secondary N) is 1. The Hall–Kier alpha value is -0.000000000000000111. The van der Waals surface area contributed by atoms with Crippen LogP contribution in [0.25, 0.3) is 0 Å². The van der Waals surface area contributed by atoms with Crippen LogP contribution >= 0.6 is 35.4 Å². The van der Waals surface area contributed by atoms with Crippen molar-refractivity contribution in [1.82, 2.24) is 0 Å². The zero-order valence-electron chi connectivity index (χ0n) is 6.85. The van der Waals surface area contributed by atoms with Gasteiger partial charge in [-0.25, -0.2) is 0 Å². The Labute approximate surface area is 91.4 Å². The number of halogens is 3. The molecule has 0 bridgehead atoms. The molecule has 1 N–H and O–H groups in total. The van der Waals surface area contributed by atoms with Gasteiger partial charge in [-0.1, -0.05) is 0 Å². The normalized spacial score (nSPS) is 10.8. The van der Waals surface area contributed by atoms with E-state index in [4.69, 9.17) is 17.8 Å². The van der Waals surface area contributed by atoms with Crippen LogP contribution in [0.15, 0.2) is 24.3 Å². The zero-order chi connectivity index (χ0) is 9.84. The summed E-state index contributed by atoms with van der Waals surface area (Å²) in [4.78, 5) is 10.7. The van der Waals surface area contributed by atoms with E-state index in [9.17, 15) is 4.79 Å². The molecule has 0 radical (unpaired) electrons. The molecule has 0 aliphatic rings. The van der Waals surface area contributed by atoms with E-state index in [1.807, 2.05) is 12.1 Å². The molecule has 0 saturated carbocycles. The first-order valence-electron chi connectivity index (χ1n) is 3.50. The minimum absolute atomic E-state index is 0.0835. The van der Waals surface area contributed by atoms with Gasteiger partial charge in [0.2, 0.25) is 0 Å². The van der Waals surface area contributed by atoms with Gasteiger partial charge in [0.05, 0.1) is 0 Å². The summed E-state index contributed by atoms with van der Waals surface area (Å²) in [5.41, 5.74) is 0.766. The van der Waals surface area contributed by atoms with Crippen molar-refractivity contribution in [3.63, 3.8) is 0 Å². The van der Waals surface area contributed by atoms with Crippen LogP contribution in [-0.4, -0.2) is 5.91 Å². The molecule has 5 heteroatoms. The van der Waals surface area contributed by atoms with E-state index in [1.165, 1.54) is 6.92 Å². The van der Waals surface area contributed by atoms with Crippen LogP contribution in [0, 0.1) is 3.57 Å². The van der Waals surface area contributed by atoms with Crippen LogP contribution in [0.5, 0.6) is 0 Å². The first-order valence-corrected chi connectivity index (χ1v) is 10.0. The van der Waals surface area contributed by atoms with Gasteiger partial charge in [-0.2, -0.15) is 0 Å². The van der Waals surface area contributed by atoms with Gasteiger partial charge < -0.3 is 0 Å². The van der Waals surface area contributed by atoms with Crippen LogP contribution in [0.4, 0.5) is 5.69 Å². The molecule has 0 aliphatic carbocycles. The minimum atomic E-state index is -1.91. The molecule has 1 amide bonds.